The van der Waals surface area contributed by atoms with E-state index in [-0.39, 0.29) is 4.43 Å². The van der Waals surface area contributed by atoms with Gasteiger partial charge in [0, 0.05) is 10.8 Å². The predicted octanol–water partition coefficient (Wildman–Crippen LogP) is 3.49. The molecule has 0 aliphatic heterocycles. The van der Waals surface area contributed by atoms with Gasteiger partial charge in [-0.1, -0.05) is 22.6 Å². The van der Waals surface area contributed by atoms with Crippen LogP contribution < -0.4 is 0 Å². The summed E-state index contributed by atoms with van der Waals surface area (Å²) in [6.45, 7) is 0.508. The molecule has 0 rings (SSSR count). The summed E-state index contributed by atoms with van der Waals surface area (Å²) in [7, 11) is 0. The smallest absolute Gasteiger partial charge is 0.207 e. The van der Waals surface area contributed by atoms with Crippen LogP contribution in [0.4, 0.5) is 17.6 Å². The maximum Gasteiger partial charge on any atom is 0.254 e. The summed E-state index contributed by atoms with van der Waals surface area (Å²) in [4.78, 5) is 0. The third kappa shape index (κ3) is 6.83. The van der Waals surface area contributed by atoms with Crippen LogP contribution in [-0.4, -0.2) is 16.3 Å². The van der Waals surface area contributed by atoms with Gasteiger partial charge >= 0.3 is 0 Å². The predicted molar refractivity (Wildman–Crippen MR) is 43.7 cm³/mol. The highest BCUT2D eigenvalue weighted by molar-refractivity contribution is 14.1. The molecule has 0 radical (unpaired) electrons. The number of hydrogen-bond acceptors (Lipinski definition) is 0. The Hall–Kier alpha value is 0.450. The minimum absolute atomic E-state index is 0.195. The molecule has 0 nitrogen and oxygen atoms in total. The molecule has 0 aromatic heterocycles. The zero-order chi connectivity index (χ0) is 9.12. The Morgan fingerprint density at radius 1 is 1.18 bits per heavy atom. The lowest BCUT2D eigenvalue weighted by molar-refractivity contribution is -0.101. The molecule has 0 aliphatic rings. The molecule has 0 N–H and O–H groups in total. The molecule has 0 heterocycles. The molecule has 0 saturated carbocycles. The van der Waals surface area contributed by atoms with Crippen molar-refractivity contribution in [1.82, 2.24) is 0 Å². The zero-order valence-corrected chi connectivity index (χ0v) is 8.17. The van der Waals surface area contributed by atoms with Crippen molar-refractivity contribution in [2.45, 2.75) is 31.6 Å². The van der Waals surface area contributed by atoms with Crippen molar-refractivity contribution >= 4 is 22.6 Å². The van der Waals surface area contributed by atoms with Crippen LogP contribution in [0.1, 0.15) is 19.8 Å². The first-order chi connectivity index (χ1) is 4.77. The maximum absolute atomic E-state index is 12.4. The minimum atomic E-state index is -3.27. The molecular formula is C6H9F4I. The van der Waals surface area contributed by atoms with E-state index in [0.29, 0.717) is 6.92 Å². The maximum atomic E-state index is 12.4. The molecular weight excluding hydrogens is 275 g/mol. The fraction of sp³-hybridized carbons (Fsp3) is 1.00. The number of alkyl halides is 5. The average Bonchev–Trinajstić information content (AvgIpc) is 1.55. The van der Waals surface area contributed by atoms with E-state index in [1.807, 2.05) is 0 Å². The van der Waals surface area contributed by atoms with Crippen molar-refractivity contribution in [2.24, 2.45) is 0 Å². The molecule has 0 bridgehead atoms. The van der Waals surface area contributed by atoms with E-state index in [9.17, 15) is 17.6 Å². The van der Waals surface area contributed by atoms with Crippen LogP contribution in [-0.2, 0) is 0 Å². The van der Waals surface area contributed by atoms with Crippen LogP contribution in [0.25, 0.3) is 0 Å². The normalized spacial score (nSPS) is 13.6. The van der Waals surface area contributed by atoms with Gasteiger partial charge in [-0.05, 0) is 6.92 Å². The monoisotopic (exact) mass is 284 g/mol. The van der Waals surface area contributed by atoms with Gasteiger partial charge < -0.3 is 0 Å². The van der Waals surface area contributed by atoms with E-state index >= 15 is 0 Å². The first-order valence-electron chi connectivity index (χ1n) is 3.08. The number of halogens is 5. The second kappa shape index (κ2) is 3.91. The second-order valence-corrected chi connectivity index (χ2v) is 3.62. The summed E-state index contributed by atoms with van der Waals surface area (Å²) < 4.78 is 49.2. The van der Waals surface area contributed by atoms with Gasteiger partial charge in [-0.2, -0.15) is 0 Å². The largest absolute Gasteiger partial charge is 0.254 e. The van der Waals surface area contributed by atoms with Gasteiger partial charge in [0.25, 0.3) is 11.8 Å². The molecule has 0 unspecified atom stereocenters. The van der Waals surface area contributed by atoms with E-state index in [2.05, 4.69) is 0 Å². The second-order valence-electron chi connectivity index (χ2n) is 2.54. The highest BCUT2D eigenvalue weighted by Crippen LogP contribution is 2.32. The molecule has 0 aromatic carbocycles. The Morgan fingerprint density at radius 3 is 1.91 bits per heavy atom. The lowest BCUT2D eigenvalue weighted by atomic mass is 10.1. The minimum Gasteiger partial charge on any atom is -0.207 e. The van der Waals surface area contributed by atoms with Crippen molar-refractivity contribution in [3.63, 3.8) is 0 Å². The van der Waals surface area contributed by atoms with Crippen LogP contribution in [0, 0.1) is 0 Å². The van der Waals surface area contributed by atoms with E-state index in [0.717, 1.165) is 0 Å². The summed E-state index contributed by atoms with van der Waals surface area (Å²) in [5, 5.41) is 0. The molecule has 0 fully saturated rings. The Bertz CT molecular complexity index is 118. The fourth-order valence-electron chi connectivity index (χ4n) is 0.681. The van der Waals surface area contributed by atoms with Crippen molar-refractivity contribution in [3.8, 4) is 0 Å². The van der Waals surface area contributed by atoms with Crippen LogP contribution in [0.15, 0.2) is 0 Å². The Morgan fingerprint density at radius 2 is 1.64 bits per heavy atom. The van der Waals surface area contributed by atoms with Crippen LogP contribution in [0.3, 0.4) is 0 Å². The Kier molecular flexibility index (Phi) is 4.07. The van der Waals surface area contributed by atoms with Gasteiger partial charge in [0.2, 0.25) is 0 Å². The third-order valence-corrected chi connectivity index (χ3v) is 1.57. The fourth-order valence-corrected chi connectivity index (χ4v) is 1.47. The highest BCUT2D eigenvalue weighted by Gasteiger charge is 2.38. The van der Waals surface area contributed by atoms with Gasteiger partial charge in [-0.3, -0.25) is 0 Å². The standard InChI is InChI=1S/C6H9F4I/c1-5(7,8)4-6(9,10)2-3-11/h2-4H2,1H3. The van der Waals surface area contributed by atoms with Crippen LogP contribution in [0.5, 0.6) is 0 Å². The summed E-state index contributed by atoms with van der Waals surface area (Å²) in [5.41, 5.74) is 0. The third-order valence-electron chi connectivity index (χ3n) is 1.03. The first kappa shape index (κ1) is 11.4. The SMILES string of the molecule is CC(F)(F)CC(F)(F)CCI. The molecule has 0 aromatic rings. The topological polar surface area (TPSA) is 0 Å². The van der Waals surface area contributed by atoms with E-state index in [1.54, 1.807) is 22.6 Å². The van der Waals surface area contributed by atoms with Crippen molar-refractivity contribution in [1.29, 1.82) is 0 Å². The van der Waals surface area contributed by atoms with Crippen molar-refractivity contribution < 1.29 is 17.6 Å². The van der Waals surface area contributed by atoms with Gasteiger partial charge in [0.05, 0.1) is 6.42 Å². The lowest BCUT2D eigenvalue weighted by Crippen LogP contribution is -2.26. The van der Waals surface area contributed by atoms with Crippen molar-refractivity contribution in [3.05, 3.63) is 0 Å². The van der Waals surface area contributed by atoms with Crippen LogP contribution >= 0.6 is 22.6 Å². The van der Waals surface area contributed by atoms with Gasteiger partial charge in [-0.25, -0.2) is 17.6 Å². The molecule has 68 valence electrons. The lowest BCUT2D eigenvalue weighted by Gasteiger charge is -2.18. The van der Waals surface area contributed by atoms with Crippen molar-refractivity contribution in [2.75, 3.05) is 4.43 Å². The number of hydrogen-bond donors (Lipinski definition) is 0. The average molecular weight is 284 g/mol. The van der Waals surface area contributed by atoms with Crippen LogP contribution in [0.2, 0.25) is 0 Å². The Labute approximate surface area is 76.5 Å². The molecule has 0 atom stereocenters. The number of rotatable bonds is 4. The molecule has 5 heteroatoms. The summed E-state index contributed by atoms with van der Waals surface area (Å²) in [6, 6.07) is 0. The molecule has 0 saturated heterocycles. The van der Waals surface area contributed by atoms with E-state index < -0.39 is 24.7 Å². The molecule has 11 heavy (non-hydrogen) atoms. The van der Waals surface area contributed by atoms with Gasteiger partial charge in [0.15, 0.2) is 0 Å². The molecule has 0 aliphatic carbocycles. The van der Waals surface area contributed by atoms with E-state index in [1.165, 1.54) is 0 Å². The summed E-state index contributed by atoms with van der Waals surface area (Å²) in [6.07, 6.45) is -1.82. The van der Waals surface area contributed by atoms with Gasteiger partial charge in [0.1, 0.15) is 0 Å². The van der Waals surface area contributed by atoms with E-state index in [4.69, 9.17) is 0 Å². The molecule has 0 spiro atoms. The first-order valence-corrected chi connectivity index (χ1v) is 4.61. The van der Waals surface area contributed by atoms with Gasteiger partial charge in [-0.15, -0.1) is 0 Å². The molecule has 0 amide bonds. The highest BCUT2D eigenvalue weighted by atomic mass is 127. The Balaban J connectivity index is 3.91. The summed E-state index contributed by atoms with van der Waals surface area (Å²) in [5.74, 6) is -6.49. The quantitative estimate of drug-likeness (QED) is 0.421. The summed E-state index contributed by atoms with van der Waals surface area (Å²) >= 11 is 1.74. The zero-order valence-electron chi connectivity index (χ0n) is 6.01.